The average Bonchev–Trinajstić information content (AvgIpc) is 3.63. The number of H-pyrrole nitrogens is 1. The molecule has 2 saturated carbocycles. The molecule has 0 bridgehead atoms. The molecule has 1 aromatic carbocycles. The van der Waals surface area contributed by atoms with Crippen LogP contribution in [0.2, 0.25) is 0 Å². The molecule has 0 amide bonds. The Morgan fingerprint density at radius 1 is 1.27 bits per heavy atom. The number of methoxy groups -OCH3 is 1. The molecule has 9 heteroatoms. The molecule has 2 aromatic rings. The fourth-order valence-corrected chi connectivity index (χ4v) is 4.89. The van der Waals surface area contributed by atoms with Crippen LogP contribution < -0.4 is 20.9 Å². The number of anilines is 1. The van der Waals surface area contributed by atoms with Crippen molar-refractivity contribution in [1.82, 2.24) is 9.55 Å². The molecule has 5 rings (SSSR count). The van der Waals surface area contributed by atoms with Crippen LogP contribution in [0.4, 0.5) is 10.1 Å². The maximum Gasteiger partial charge on any atom is 0.329 e. The third-order valence-corrected chi connectivity index (χ3v) is 6.90. The summed E-state index contributed by atoms with van der Waals surface area (Å²) in [4.78, 5) is 29.2. The Labute approximate surface area is 171 Å². The van der Waals surface area contributed by atoms with Gasteiger partial charge in [0.15, 0.2) is 11.6 Å². The van der Waals surface area contributed by atoms with Crippen LogP contribution in [0.15, 0.2) is 9.59 Å². The van der Waals surface area contributed by atoms with Gasteiger partial charge < -0.3 is 19.8 Å². The summed E-state index contributed by atoms with van der Waals surface area (Å²) in [6.07, 6.45) is 2.53. The Morgan fingerprint density at radius 3 is 2.57 bits per heavy atom. The molecule has 1 aliphatic heterocycles. The van der Waals surface area contributed by atoms with E-state index < -0.39 is 28.8 Å². The number of aryl methyl sites for hydroxylation is 1. The molecular weight excluding hydrogens is 393 g/mol. The molecule has 3 fully saturated rings. The van der Waals surface area contributed by atoms with Gasteiger partial charge in [0.2, 0.25) is 0 Å². The smallest absolute Gasteiger partial charge is 0.329 e. The quantitative estimate of drug-likeness (QED) is 0.672. The molecular formula is C21H26FN3O5. The van der Waals surface area contributed by atoms with Gasteiger partial charge in [-0.15, -0.1) is 0 Å². The van der Waals surface area contributed by atoms with Gasteiger partial charge in [0.05, 0.1) is 24.2 Å². The summed E-state index contributed by atoms with van der Waals surface area (Å²) in [5.41, 5.74) is -1.47. The van der Waals surface area contributed by atoms with E-state index in [0.29, 0.717) is 37.9 Å². The highest BCUT2D eigenvalue weighted by molar-refractivity contribution is 5.93. The molecule has 2 heterocycles. The zero-order valence-electron chi connectivity index (χ0n) is 17.1. The molecule has 0 radical (unpaired) electrons. The fraction of sp³-hybridized carbons (Fsp3) is 0.619. The van der Waals surface area contributed by atoms with Crippen molar-refractivity contribution in [3.8, 4) is 5.75 Å². The van der Waals surface area contributed by atoms with E-state index in [4.69, 9.17) is 4.74 Å². The number of aliphatic hydroxyl groups excluding tert-OH is 1. The summed E-state index contributed by atoms with van der Waals surface area (Å²) in [6, 6.07) is -0.0410. The van der Waals surface area contributed by atoms with E-state index in [2.05, 4.69) is 4.98 Å². The second kappa shape index (κ2) is 6.55. The Balaban J connectivity index is 1.68. The number of nitrogens with zero attached hydrogens (tertiary/aromatic N) is 2. The minimum atomic E-state index is -1.03. The Hall–Kier alpha value is -2.39. The van der Waals surface area contributed by atoms with Crippen molar-refractivity contribution in [3.05, 3.63) is 32.2 Å². The molecule has 3 N–H and O–H groups in total. The van der Waals surface area contributed by atoms with Gasteiger partial charge in [-0.25, -0.2) is 9.18 Å². The predicted molar refractivity (Wildman–Crippen MR) is 109 cm³/mol. The summed E-state index contributed by atoms with van der Waals surface area (Å²) in [6.45, 7) is 2.37. The molecule has 2 unspecified atom stereocenters. The van der Waals surface area contributed by atoms with E-state index in [1.165, 1.54) is 18.6 Å². The lowest BCUT2D eigenvalue weighted by Crippen LogP contribution is -2.37. The van der Waals surface area contributed by atoms with Crippen molar-refractivity contribution in [2.75, 3.05) is 25.1 Å². The molecule has 2 atom stereocenters. The first-order chi connectivity index (χ1) is 14.3. The monoisotopic (exact) mass is 419 g/mol. The number of aromatic amines is 1. The number of rotatable bonds is 5. The minimum absolute atomic E-state index is 0.0410. The highest BCUT2D eigenvalue weighted by atomic mass is 19.1. The van der Waals surface area contributed by atoms with E-state index >= 15 is 4.39 Å². The highest BCUT2D eigenvalue weighted by Crippen LogP contribution is 2.47. The van der Waals surface area contributed by atoms with E-state index in [9.17, 15) is 19.8 Å². The Morgan fingerprint density at radius 2 is 1.97 bits per heavy atom. The lowest BCUT2D eigenvalue weighted by Gasteiger charge is -2.27. The van der Waals surface area contributed by atoms with Crippen LogP contribution in [0.25, 0.3) is 10.9 Å². The second-order valence-corrected chi connectivity index (χ2v) is 8.95. The molecule has 2 aliphatic carbocycles. The molecule has 0 spiro atoms. The number of ether oxygens (including phenoxy) is 1. The summed E-state index contributed by atoms with van der Waals surface area (Å²) < 4.78 is 22.7. The van der Waals surface area contributed by atoms with Gasteiger partial charge in [0.1, 0.15) is 11.2 Å². The van der Waals surface area contributed by atoms with Crippen LogP contribution in [0.1, 0.15) is 43.7 Å². The average molecular weight is 419 g/mol. The third kappa shape index (κ3) is 2.79. The predicted octanol–water partition coefficient (Wildman–Crippen LogP) is 1.19. The van der Waals surface area contributed by atoms with Gasteiger partial charge in [0.25, 0.3) is 5.56 Å². The maximum atomic E-state index is 15.6. The van der Waals surface area contributed by atoms with E-state index in [1.54, 1.807) is 4.90 Å². The molecule has 8 nitrogen and oxygen atoms in total. The number of halogens is 1. The first-order valence-corrected chi connectivity index (χ1v) is 10.5. The van der Waals surface area contributed by atoms with Crippen LogP contribution >= 0.6 is 0 Å². The summed E-state index contributed by atoms with van der Waals surface area (Å²) in [5.74, 6) is -0.586. The van der Waals surface area contributed by atoms with Crippen molar-refractivity contribution >= 4 is 16.6 Å². The van der Waals surface area contributed by atoms with E-state index in [-0.39, 0.29) is 34.3 Å². The number of benzene rings is 1. The summed E-state index contributed by atoms with van der Waals surface area (Å²) in [7, 11) is 1.41. The topological polar surface area (TPSA) is 108 Å². The van der Waals surface area contributed by atoms with Crippen molar-refractivity contribution in [1.29, 1.82) is 0 Å². The van der Waals surface area contributed by atoms with Crippen LogP contribution in [0.5, 0.6) is 5.75 Å². The normalized spacial score (nSPS) is 23.8. The third-order valence-electron chi connectivity index (χ3n) is 6.90. The van der Waals surface area contributed by atoms with E-state index in [0.717, 1.165) is 12.8 Å². The van der Waals surface area contributed by atoms with Gasteiger partial charge in [-0.05, 0) is 39.0 Å². The van der Waals surface area contributed by atoms with Gasteiger partial charge in [-0.1, -0.05) is 0 Å². The van der Waals surface area contributed by atoms with Gasteiger partial charge >= 0.3 is 5.69 Å². The van der Waals surface area contributed by atoms with Crippen LogP contribution in [0.3, 0.4) is 0 Å². The molecule has 3 aliphatic rings. The first-order valence-electron chi connectivity index (χ1n) is 10.5. The van der Waals surface area contributed by atoms with Crippen molar-refractivity contribution in [3.63, 3.8) is 0 Å². The Bertz CT molecular complexity index is 1150. The summed E-state index contributed by atoms with van der Waals surface area (Å²) in [5, 5.41) is 20.9. The molecule has 162 valence electrons. The van der Waals surface area contributed by atoms with Crippen molar-refractivity contribution < 1.29 is 19.3 Å². The number of hydrogen-bond donors (Lipinski definition) is 3. The van der Waals surface area contributed by atoms with Gasteiger partial charge in [-0.3, -0.25) is 14.3 Å². The fourth-order valence-electron chi connectivity index (χ4n) is 4.89. The van der Waals surface area contributed by atoms with Gasteiger partial charge in [0, 0.05) is 30.6 Å². The van der Waals surface area contributed by atoms with Crippen LogP contribution in [-0.2, 0) is 0 Å². The number of hydrogen-bond acceptors (Lipinski definition) is 6. The molecule has 1 aromatic heterocycles. The van der Waals surface area contributed by atoms with Crippen LogP contribution in [0, 0.1) is 18.7 Å². The first kappa shape index (κ1) is 19.6. The van der Waals surface area contributed by atoms with Crippen molar-refractivity contribution in [2.45, 2.75) is 56.8 Å². The summed E-state index contributed by atoms with van der Waals surface area (Å²) >= 11 is 0. The molecule has 1 saturated heterocycles. The lowest BCUT2D eigenvalue weighted by atomic mass is 9.95. The van der Waals surface area contributed by atoms with E-state index in [1.807, 2.05) is 0 Å². The largest absolute Gasteiger partial charge is 0.492 e. The number of aromatic nitrogens is 2. The van der Waals surface area contributed by atoms with Gasteiger partial charge in [-0.2, -0.15) is 0 Å². The number of aliphatic hydroxyl groups is 2. The maximum absolute atomic E-state index is 15.6. The van der Waals surface area contributed by atoms with Crippen molar-refractivity contribution in [2.24, 2.45) is 5.92 Å². The zero-order chi connectivity index (χ0) is 21.4. The SMILES string of the molecule is COc1c(N2CCC(C(O)C3(O)CC3)C2)c(F)c(C)c2c(=O)[nH]c(=O)n(C3CC3)c12. The lowest BCUT2D eigenvalue weighted by molar-refractivity contribution is -0.0299. The number of nitrogens with one attached hydrogen (secondary N) is 1. The van der Waals surface area contributed by atoms with Crippen LogP contribution in [-0.4, -0.2) is 51.7 Å². The minimum Gasteiger partial charge on any atom is -0.492 e. The Kier molecular flexibility index (Phi) is 4.27. The standard InChI is InChI=1S/C21H26FN3O5/c1-10-13-15(25(12-3-4-12)20(28)23-19(13)27)17(30-2)16(14(10)22)24-8-5-11(9-24)18(26)21(29)6-7-21/h11-12,18,26,29H,3-9H2,1-2H3,(H,23,27,28). The highest BCUT2D eigenvalue weighted by Gasteiger charge is 2.51. The number of fused-ring (bicyclic) bond motifs is 1. The zero-order valence-corrected chi connectivity index (χ0v) is 17.1. The molecule has 30 heavy (non-hydrogen) atoms. The second-order valence-electron chi connectivity index (χ2n) is 8.95.